The molecule has 0 aliphatic carbocycles. The second kappa shape index (κ2) is 4.79. The molecule has 1 amide bonds. The first-order chi connectivity index (χ1) is 8.94. The number of esters is 1. The third kappa shape index (κ3) is 2.62. The number of hydrogen-bond donors (Lipinski definition) is 2. The van der Waals surface area contributed by atoms with Gasteiger partial charge in [-0.1, -0.05) is 0 Å². The molecule has 0 radical (unpaired) electrons. The van der Waals surface area contributed by atoms with Crippen molar-refractivity contribution in [1.29, 1.82) is 0 Å². The van der Waals surface area contributed by atoms with Crippen LogP contribution in [-0.4, -0.2) is 36.2 Å². The van der Waals surface area contributed by atoms with Crippen LogP contribution < -0.4 is 10.1 Å². The van der Waals surface area contributed by atoms with Gasteiger partial charge in [-0.3, -0.25) is 4.79 Å². The van der Waals surface area contributed by atoms with Crippen molar-refractivity contribution >= 4 is 11.9 Å². The fourth-order valence-electron chi connectivity index (χ4n) is 1.95. The minimum Gasteiger partial charge on any atom is -0.508 e. The van der Waals surface area contributed by atoms with E-state index in [2.05, 4.69) is 10.1 Å². The van der Waals surface area contributed by atoms with Crippen molar-refractivity contribution in [2.45, 2.75) is 18.9 Å². The summed E-state index contributed by atoms with van der Waals surface area (Å²) < 4.78 is 10.2. The van der Waals surface area contributed by atoms with Crippen molar-refractivity contribution in [3.63, 3.8) is 0 Å². The van der Waals surface area contributed by atoms with E-state index in [1.807, 2.05) is 0 Å². The number of carbonyl (C=O) groups excluding carboxylic acids is 2. The molecule has 0 saturated carbocycles. The topological polar surface area (TPSA) is 84.9 Å². The lowest BCUT2D eigenvalue weighted by Gasteiger charge is -2.23. The Morgan fingerprint density at radius 3 is 2.74 bits per heavy atom. The lowest BCUT2D eigenvalue weighted by Crippen LogP contribution is -2.40. The van der Waals surface area contributed by atoms with Gasteiger partial charge in [0.15, 0.2) is 5.60 Å². The van der Waals surface area contributed by atoms with E-state index in [0.717, 1.165) is 0 Å². The summed E-state index contributed by atoms with van der Waals surface area (Å²) in [5.41, 5.74) is -0.819. The average Bonchev–Trinajstić information content (AvgIpc) is 2.67. The van der Waals surface area contributed by atoms with Gasteiger partial charge in [-0.05, 0) is 19.1 Å². The Kier molecular flexibility index (Phi) is 3.33. The Morgan fingerprint density at radius 1 is 1.42 bits per heavy atom. The maximum absolute atomic E-state index is 11.7. The molecular formula is C13H15NO5. The average molecular weight is 265 g/mol. The zero-order valence-electron chi connectivity index (χ0n) is 10.7. The summed E-state index contributed by atoms with van der Waals surface area (Å²) in [5, 5.41) is 12.2. The van der Waals surface area contributed by atoms with Crippen molar-refractivity contribution in [3.05, 3.63) is 23.8 Å². The van der Waals surface area contributed by atoms with Gasteiger partial charge in [-0.25, -0.2) is 4.79 Å². The molecule has 1 fully saturated rings. The van der Waals surface area contributed by atoms with Crippen LogP contribution in [0.3, 0.4) is 0 Å². The van der Waals surface area contributed by atoms with Gasteiger partial charge in [0.1, 0.15) is 11.5 Å². The van der Waals surface area contributed by atoms with Crippen LogP contribution in [0.2, 0.25) is 0 Å². The van der Waals surface area contributed by atoms with Gasteiger partial charge in [-0.15, -0.1) is 0 Å². The lowest BCUT2D eigenvalue weighted by atomic mass is 10.1. The highest BCUT2D eigenvalue weighted by atomic mass is 16.5. The first-order valence-corrected chi connectivity index (χ1v) is 5.84. The number of nitrogens with one attached hydrogen (secondary N) is 1. The molecule has 1 atom stereocenters. The number of phenolic OH excluding ortho intramolecular Hbond substituents is 1. The number of ether oxygens (including phenoxy) is 2. The zero-order chi connectivity index (χ0) is 14.0. The molecule has 0 unspecified atom stereocenters. The molecule has 1 aromatic rings. The summed E-state index contributed by atoms with van der Waals surface area (Å²) in [4.78, 5) is 23.1. The van der Waals surface area contributed by atoms with E-state index in [0.29, 0.717) is 13.0 Å². The van der Waals surface area contributed by atoms with Crippen LogP contribution in [0, 0.1) is 0 Å². The van der Waals surface area contributed by atoms with Crippen molar-refractivity contribution in [1.82, 2.24) is 5.32 Å². The minimum atomic E-state index is -0.985. The summed E-state index contributed by atoms with van der Waals surface area (Å²) in [7, 11) is 1.25. The van der Waals surface area contributed by atoms with Crippen LogP contribution in [0.4, 0.5) is 0 Å². The lowest BCUT2D eigenvalue weighted by molar-refractivity contribution is -0.131. The van der Waals surface area contributed by atoms with Crippen LogP contribution in [0.25, 0.3) is 0 Å². The zero-order valence-corrected chi connectivity index (χ0v) is 10.7. The number of carbonyl (C=O) groups is 2. The number of hydrogen-bond acceptors (Lipinski definition) is 5. The Hall–Kier alpha value is -2.24. The standard InChI is InChI=1S/C13H15NO5/c1-13(3-4-14-12(13)17)19-10-6-8(11(16)18-2)5-9(15)7-10/h5-7,15H,3-4H2,1-2H3,(H,14,17)/t13-/m1/s1. The highest BCUT2D eigenvalue weighted by Gasteiger charge is 2.40. The van der Waals surface area contributed by atoms with Gasteiger partial charge in [0.2, 0.25) is 0 Å². The molecule has 6 heteroatoms. The Balaban J connectivity index is 2.28. The molecule has 2 N–H and O–H groups in total. The van der Waals surface area contributed by atoms with E-state index in [1.54, 1.807) is 6.92 Å². The predicted molar refractivity (Wildman–Crippen MR) is 66.1 cm³/mol. The van der Waals surface area contributed by atoms with E-state index in [1.165, 1.54) is 25.3 Å². The summed E-state index contributed by atoms with van der Waals surface area (Å²) in [6, 6.07) is 4.06. The van der Waals surface area contributed by atoms with Crippen LogP contribution in [0.5, 0.6) is 11.5 Å². The molecule has 19 heavy (non-hydrogen) atoms. The summed E-state index contributed by atoms with van der Waals surface area (Å²) >= 11 is 0. The Labute approximate surface area is 110 Å². The minimum absolute atomic E-state index is 0.125. The van der Waals surface area contributed by atoms with Gasteiger partial charge in [0.05, 0.1) is 12.7 Å². The van der Waals surface area contributed by atoms with Gasteiger partial charge < -0.3 is 19.9 Å². The highest BCUT2D eigenvalue weighted by Crippen LogP contribution is 2.28. The number of amides is 1. The fraction of sp³-hybridized carbons (Fsp3) is 0.385. The van der Waals surface area contributed by atoms with Crippen molar-refractivity contribution in [2.75, 3.05) is 13.7 Å². The number of phenols is 1. The van der Waals surface area contributed by atoms with Gasteiger partial charge in [-0.2, -0.15) is 0 Å². The van der Waals surface area contributed by atoms with E-state index in [-0.39, 0.29) is 23.0 Å². The maximum atomic E-state index is 11.7. The molecule has 1 heterocycles. The van der Waals surface area contributed by atoms with E-state index in [9.17, 15) is 14.7 Å². The SMILES string of the molecule is COC(=O)c1cc(O)cc(O[C@]2(C)CCNC2=O)c1. The molecule has 1 saturated heterocycles. The van der Waals surface area contributed by atoms with Gasteiger partial charge >= 0.3 is 5.97 Å². The molecule has 0 bridgehead atoms. The number of benzene rings is 1. The van der Waals surface area contributed by atoms with Crippen LogP contribution in [0.15, 0.2) is 18.2 Å². The molecule has 102 valence electrons. The normalized spacial score (nSPS) is 21.9. The van der Waals surface area contributed by atoms with Crippen molar-refractivity contribution < 1.29 is 24.2 Å². The molecule has 0 aromatic heterocycles. The molecule has 6 nitrogen and oxygen atoms in total. The van der Waals surface area contributed by atoms with Crippen LogP contribution in [-0.2, 0) is 9.53 Å². The summed E-state index contributed by atoms with van der Waals surface area (Å²) in [5.74, 6) is -0.669. The third-order valence-corrected chi connectivity index (χ3v) is 3.02. The predicted octanol–water partition coefficient (Wildman–Crippen LogP) is 0.836. The number of rotatable bonds is 3. The number of aromatic hydroxyl groups is 1. The molecule has 1 aliphatic rings. The summed E-state index contributed by atoms with van der Waals surface area (Å²) in [6.45, 7) is 2.20. The maximum Gasteiger partial charge on any atom is 0.338 e. The van der Waals surface area contributed by atoms with Crippen LogP contribution in [0.1, 0.15) is 23.7 Å². The van der Waals surface area contributed by atoms with Gasteiger partial charge in [0, 0.05) is 19.0 Å². The highest BCUT2D eigenvalue weighted by molar-refractivity contribution is 5.90. The van der Waals surface area contributed by atoms with Crippen molar-refractivity contribution in [2.24, 2.45) is 0 Å². The quantitative estimate of drug-likeness (QED) is 0.791. The number of methoxy groups -OCH3 is 1. The largest absolute Gasteiger partial charge is 0.508 e. The first-order valence-electron chi connectivity index (χ1n) is 5.84. The second-order valence-corrected chi connectivity index (χ2v) is 4.55. The fourth-order valence-corrected chi connectivity index (χ4v) is 1.95. The Morgan fingerprint density at radius 2 is 2.16 bits per heavy atom. The molecule has 1 aliphatic heterocycles. The Bertz CT molecular complexity index is 528. The molecular weight excluding hydrogens is 250 g/mol. The second-order valence-electron chi connectivity index (χ2n) is 4.55. The third-order valence-electron chi connectivity index (χ3n) is 3.02. The van der Waals surface area contributed by atoms with E-state index < -0.39 is 11.6 Å². The summed E-state index contributed by atoms with van der Waals surface area (Å²) in [6.07, 6.45) is 0.523. The first kappa shape index (κ1) is 13.2. The monoisotopic (exact) mass is 265 g/mol. The smallest absolute Gasteiger partial charge is 0.338 e. The molecule has 0 spiro atoms. The van der Waals surface area contributed by atoms with Crippen LogP contribution >= 0.6 is 0 Å². The molecule has 1 aromatic carbocycles. The van der Waals surface area contributed by atoms with Crippen molar-refractivity contribution in [3.8, 4) is 11.5 Å². The molecule has 2 rings (SSSR count). The van der Waals surface area contributed by atoms with Gasteiger partial charge in [0.25, 0.3) is 5.91 Å². The van der Waals surface area contributed by atoms with E-state index in [4.69, 9.17) is 4.74 Å². The van der Waals surface area contributed by atoms with E-state index >= 15 is 0 Å².